The molecule has 2 aromatic heterocycles. The summed E-state index contributed by atoms with van der Waals surface area (Å²) in [4.78, 5) is 13.5. The third kappa shape index (κ3) is 3.93. The maximum Gasteiger partial charge on any atom is 0.163 e. The van der Waals surface area contributed by atoms with Crippen LogP contribution >= 0.6 is 0 Å². The molecule has 2 heterocycles. The summed E-state index contributed by atoms with van der Waals surface area (Å²) >= 11 is 0. The van der Waals surface area contributed by atoms with E-state index in [1.54, 1.807) is 30.6 Å². The van der Waals surface area contributed by atoms with Gasteiger partial charge in [0.2, 0.25) is 0 Å². The zero-order valence-electron chi connectivity index (χ0n) is 16.9. The number of nitrogens with one attached hydrogen (secondary N) is 1. The number of anilines is 2. The molecule has 4 nitrogen and oxygen atoms in total. The van der Waals surface area contributed by atoms with Gasteiger partial charge in [-0.25, -0.2) is 23.1 Å². The smallest absolute Gasteiger partial charge is 0.163 e. The average Bonchev–Trinajstić information content (AvgIpc) is 2.82. The van der Waals surface area contributed by atoms with Gasteiger partial charge in [0.05, 0.1) is 5.35 Å². The van der Waals surface area contributed by atoms with Gasteiger partial charge in [-0.1, -0.05) is 36.5 Å². The molecule has 0 fully saturated rings. The van der Waals surface area contributed by atoms with E-state index in [1.807, 2.05) is 30.4 Å². The third-order valence-corrected chi connectivity index (χ3v) is 5.64. The molecule has 0 saturated carbocycles. The minimum absolute atomic E-state index is 0.0635. The van der Waals surface area contributed by atoms with Crippen molar-refractivity contribution in [1.82, 2.24) is 15.0 Å². The standard InChI is InChI=1S/C25H19F3N4/c26-20-6-2-1-5-18(20)15-7-9-19-23(12-15)31-24(16-4-3-11-29-14-16)32-25(19)30-17-8-10-21(27)22(28)13-17/h1-6,8-15,18,20H,7H2,(H,30,31,32). The van der Waals surface area contributed by atoms with E-state index < -0.39 is 17.8 Å². The molecule has 0 radical (unpaired) electrons. The van der Waals surface area contributed by atoms with Crippen LogP contribution in [0, 0.1) is 23.5 Å². The lowest BCUT2D eigenvalue weighted by atomic mass is 9.81. The van der Waals surface area contributed by atoms with Crippen molar-refractivity contribution in [3.8, 4) is 11.4 Å². The lowest BCUT2D eigenvalue weighted by molar-refractivity contribution is 0.280. The summed E-state index contributed by atoms with van der Waals surface area (Å²) in [6, 6.07) is 7.20. The average molecular weight is 432 g/mol. The van der Waals surface area contributed by atoms with Gasteiger partial charge >= 0.3 is 0 Å². The quantitative estimate of drug-likeness (QED) is 0.671. The van der Waals surface area contributed by atoms with Crippen molar-refractivity contribution in [1.29, 1.82) is 0 Å². The predicted octanol–water partition coefficient (Wildman–Crippen LogP) is 4.22. The molecule has 2 aliphatic carbocycles. The van der Waals surface area contributed by atoms with Gasteiger partial charge in [-0.2, -0.15) is 0 Å². The minimum Gasteiger partial charge on any atom is -0.340 e. The largest absolute Gasteiger partial charge is 0.340 e. The molecule has 0 bridgehead atoms. The van der Waals surface area contributed by atoms with Gasteiger partial charge in [0.1, 0.15) is 12.0 Å². The van der Waals surface area contributed by atoms with Crippen molar-refractivity contribution in [2.24, 2.45) is 11.8 Å². The first kappa shape index (κ1) is 20.2. The highest BCUT2D eigenvalue weighted by Gasteiger charge is 2.27. The molecule has 1 N–H and O–H groups in total. The molecule has 3 unspecified atom stereocenters. The number of pyridine rings is 1. The highest BCUT2D eigenvalue weighted by Crippen LogP contribution is 2.29. The Morgan fingerprint density at radius 3 is 2.66 bits per heavy atom. The summed E-state index contributed by atoms with van der Waals surface area (Å²) in [6.45, 7) is 0. The van der Waals surface area contributed by atoms with E-state index >= 15 is 0 Å². The van der Waals surface area contributed by atoms with Crippen LogP contribution in [-0.4, -0.2) is 21.1 Å². The Morgan fingerprint density at radius 2 is 1.88 bits per heavy atom. The molecule has 0 spiro atoms. The Hall–Kier alpha value is -3.74. The van der Waals surface area contributed by atoms with Crippen LogP contribution < -0.4 is 15.9 Å². The Labute approximate surface area is 182 Å². The van der Waals surface area contributed by atoms with Crippen molar-refractivity contribution < 1.29 is 13.2 Å². The highest BCUT2D eigenvalue weighted by molar-refractivity contribution is 5.63. The summed E-state index contributed by atoms with van der Waals surface area (Å²) in [5.74, 6) is -1.31. The zero-order chi connectivity index (χ0) is 22.1. The number of hydrogen-bond acceptors (Lipinski definition) is 4. The van der Waals surface area contributed by atoms with E-state index in [9.17, 15) is 13.2 Å². The Morgan fingerprint density at radius 1 is 1.00 bits per heavy atom. The molecule has 160 valence electrons. The summed E-state index contributed by atoms with van der Waals surface area (Å²) in [5, 5.41) is 4.49. The molecular weight excluding hydrogens is 413 g/mol. The number of allylic oxidation sites excluding steroid dienone is 4. The highest BCUT2D eigenvalue weighted by atomic mass is 19.2. The Balaban J connectivity index is 1.62. The lowest BCUT2D eigenvalue weighted by Gasteiger charge is -2.26. The fraction of sp³-hybridized carbons (Fsp3) is 0.160. The first-order chi connectivity index (χ1) is 15.6. The number of halogens is 3. The number of alkyl halides is 1. The second kappa shape index (κ2) is 8.42. The second-order valence-corrected chi connectivity index (χ2v) is 7.75. The van der Waals surface area contributed by atoms with Crippen LogP contribution in [0.2, 0.25) is 0 Å². The van der Waals surface area contributed by atoms with Gasteiger partial charge in [-0.3, -0.25) is 4.98 Å². The molecule has 3 atom stereocenters. The third-order valence-electron chi connectivity index (χ3n) is 5.64. The van der Waals surface area contributed by atoms with Crippen LogP contribution in [0.4, 0.5) is 24.7 Å². The number of rotatable bonds is 4. The van der Waals surface area contributed by atoms with Crippen molar-refractivity contribution >= 4 is 23.7 Å². The summed E-state index contributed by atoms with van der Waals surface area (Å²) in [7, 11) is 0. The van der Waals surface area contributed by atoms with Gasteiger partial charge in [0, 0.05) is 40.8 Å². The second-order valence-electron chi connectivity index (χ2n) is 7.75. The SMILES string of the molecule is Fc1ccc(Nc2nc(-c3cccnc3)nc3c2=CCC(C2C=CC=CC2F)C=3)cc1F. The minimum atomic E-state index is -1.06. The molecule has 0 aliphatic heterocycles. The van der Waals surface area contributed by atoms with Crippen LogP contribution in [0.5, 0.6) is 0 Å². The van der Waals surface area contributed by atoms with E-state index in [1.165, 1.54) is 6.07 Å². The zero-order valence-corrected chi connectivity index (χ0v) is 16.9. The number of nitrogens with zero attached hydrogens (tertiary/aromatic N) is 3. The van der Waals surface area contributed by atoms with Crippen molar-refractivity contribution in [3.05, 3.63) is 89.2 Å². The fourth-order valence-electron chi connectivity index (χ4n) is 4.01. The first-order valence-corrected chi connectivity index (χ1v) is 10.3. The molecule has 2 aliphatic rings. The Kier molecular flexibility index (Phi) is 5.31. The van der Waals surface area contributed by atoms with Gasteiger partial charge in [0.15, 0.2) is 17.5 Å². The molecular formula is C25H19F3N4. The van der Waals surface area contributed by atoms with Crippen molar-refractivity contribution in [2.75, 3.05) is 5.32 Å². The normalized spacial score (nSPS) is 21.4. The maximum atomic E-state index is 14.5. The van der Waals surface area contributed by atoms with E-state index in [-0.39, 0.29) is 11.8 Å². The van der Waals surface area contributed by atoms with E-state index in [0.717, 1.165) is 17.4 Å². The van der Waals surface area contributed by atoms with Crippen molar-refractivity contribution in [2.45, 2.75) is 12.6 Å². The van der Waals surface area contributed by atoms with E-state index in [4.69, 9.17) is 4.98 Å². The van der Waals surface area contributed by atoms with Gasteiger partial charge < -0.3 is 5.32 Å². The summed E-state index contributed by atoms with van der Waals surface area (Å²) in [5.41, 5.74) is 1.07. The molecule has 0 amide bonds. The van der Waals surface area contributed by atoms with Crippen LogP contribution in [-0.2, 0) is 0 Å². The number of aromatic nitrogens is 3. The van der Waals surface area contributed by atoms with Crippen LogP contribution in [0.25, 0.3) is 23.5 Å². The first-order valence-electron chi connectivity index (χ1n) is 10.3. The Bertz CT molecular complexity index is 1340. The van der Waals surface area contributed by atoms with Crippen LogP contribution in [0.15, 0.2) is 67.0 Å². The lowest BCUT2D eigenvalue weighted by Crippen LogP contribution is -2.38. The van der Waals surface area contributed by atoms with Crippen LogP contribution in [0.3, 0.4) is 0 Å². The van der Waals surface area contributed by atoms with E-state index in [2.05, 4.69) is 15.3 Å². The number of fused-ring (bicyclic) bond motifs is 1. The topological polar surface area (TPSA) is 50.7 Å². The number of benzene rings is 1. The molecule has 1 aromatic carbocycles. The van der Waals surface area contributed by atoms with Crippen molar-refractivity contribution in [3.63, 3.8) is 0 Å². The van der Waals surface area contributed by atoms with Crippen LogP contribution in [0.1, 0.15) is 6.42 Å². The molecule has 5 rings (SSSR count). The van der Waals surface area contributed by atoms with Gasteiger partial charge in [-0.15, -0.1) is 0 Å². The molecule has 7 heteroatoms. The van der Waals surface area contributed by atoms with Gasteiger partial charge in [0.25, 0.3) is 0 Å². The summed E-state index contributed by atoms with van der Waals surface area (Å²) < 4.78 is 41.6. The molecule has 0 saturated heterocycles. The number of hydrogen-bond donors (Lipinski definition) is 1. The fourth-order valence-corrected chi connectivity index (χ4v) is 4.01. The molecule has 3 aromatic rings. The molecule has 32 heavy (non-hydrogen) atoms. The monoisotopic (exact) mass is 432 g/mol. The predicted molar refractivity (Wildman–Crippen MR) is 118 cm³/mol. The summed E-state index contributed by atoms with van der Waals surface area (Å²) in [6.07, 6.45) is 13.8. The van der Waals surface area contributed by atoms with E-state index in [0.29, 0.717) is 34.7 Å². The maximum absolute atomic E-state index is 14.5. The van der Waals surface area contributed by atoms with Gasteiger partial charge in [-0.05, 0) is 36.6 Å².